The average Bonchev–Trinajstić information content (AvgIpc) is 2.41. The molecule has 0 radical (unpaired) electrons. The van der Waals surface area contributed by atoms with Crippen LogP contribution in [0.3, 0.4) is 0 Å². The Kier molecular flexibility index (Phi) is 4.28. The van der Waals surface area contributed by atoms with Crippen molar-refractivity contribution in [1.29, 1.82) is 5.26 Å². The fourth-order valence-corrected chi connectivity index (χ4v) is 2.91. The van der Waals surface area contributed by atoms with Crippen LogP contribution >= 0.6 is 0 Å². The van der Waals surface area contributed by atoms with Gasteiger partial charge in [0.1, 0.15) is 5.54 Å². The summed E-state index contributed by atoms with van der Waals surface area (Å²) in [7, 11) is 1.98. The molecule has 4 nitrogen and oxygen atoms in total. The molecule has 0 bridgehead atoms. The van der Waals surface area contributed by atoms with Crippen molar-refractivity contribution >= 4 is 5.91 Å². The van der Waals surface area contributed by atoms with Gasteiger partial charge in [0.2, 0.25) is 11.8 Å². The number of hydrogen-bond donors (Lipinski definition) is 1. The van der Waals surface area contributed by atoms with Crippen molar-refractivity contribution < 1.29 is 13.6 Å². The van der Waals surface area contributed by atoms with Gasteiger partial charge < -0.3 is 10.2 Å². The Bertz CT molecular complexity index is 401. The van der Waals surface area contributed by atoms with Gasteiger partial charge in [-0.1, -0.05) is 0 Å². The van der Waals surface area contributed by atoms with Gasteiger partial charge in [-0.15, -0.1) is 0 Å². The minimum Gasteiger partial charge on any atom is -0.337 e. The fourth-order valence-electron chi connectivity index (χ4n) is 2.91. The van der Waals surface area contributed by atoms with Crippen LogP contribution in [0.2, 0.25) is 0 Å². The first-order chi connectivity index (χ1) is 9.36. The van der Waals surface area contributed by atoms with E-state index in [1.807, 2.05) is 7.05 Å². The third-order valence-electron chi connectivity index (χ3n) is 4.51. The maximum absolute atomic E-state index is 13.1. The van der Waals surface area contributed by atoms with Gasteiger partial charge in [0.05, 0.1) is 6.07 Å². The molecule has 0 unspecified atom stereocenters. The predicted molar refractivity (Wildman–Crippen MR) is 70.1 cm³/mol. The van der Waals surface area contributed by atoms with E-state index in [4.69, 9.17) is 0 Å². The first-order valence-corrected chi connectivity index (χ1v) is 7.15. The summed E-state index contributed by atoms with van der Waals surface area (Å²) in [6, 6.07) is 2.22. The van der Waals surface area contributed by atoms with Crippen LogP contribution in [0.15, 0.2) is 0 Å². The van der Waals surface area contributed by atoms with Crippen LogP contribution < -0.4 is 5.32 Å². The molecule has 0 aromatic heterocycles. The van der Waals surface area contributed by atoms with Gasteiger partial charge in [-0.05, 0) is 32.7 Å². The number of nitriles is 1. The normalized spacial score (nSPS) is 26.7. The third-order valence-corrected chi connectivity index (χ3v) is 4.51. The molecule has 2 rings (SSSR count). The Hall–Kier alpha value is -1.22. The van der Waals surface area contributed by atoms with Crippen LogP contribution in [-0.2, 0) is 4.79 Å². The molecule has 1 heterocycles. The second-order valence-electron chi connectivity index (χ2n) is 6.12. The topological polar surface area (TPSA) is 56.1 Å². The summed E-state index contributed by atoms with van der Waals surface area (Å²) in [6.07, 6.45) is 1.14. The molecule has 0 aromatic rings. The van der Waals surface area contributed by atoms with E-state index in [0.717, 1.165) is 13.1 Å². The number of nitrogens with one attached hydrogen (secondary N) is 1. The molecule has 1 aliphatic heterocycles. The Morgan fingerprint density at radius 1 is 1.25 bits per heavy atom. The molecule has 112 valence electrons. The maximum Gasteiger partial charge on any atom is 0.248 e. The molecule has 1 amide bonds. The highest BCUT2D eigenvalue weighted by atomic mass is 19.3. The number of carbonyl (C=O) groups excluding carboxylic acids is 1. The van der Waals surface area contributed by atoms with Gasteiger partial charge in [-0.2, -0.15) is 5.26 Å². The SMILES string of the molecule is CN1CCC(C#N)(NC(=O)C2CCC(F)(F)CC2)CC1. The first kappa shape index (κ1) is 15.2. The van der Waals surface area contributed by atoms with Crippen molar-refractivity contribution in [2.75, 3.05) is 20.1 Å². The predicted octanol–water partition coefficient (Wildman–Crippen LogP) is 1.92. The van der Waals surface area contributed by atoms with Crippen LogP contribution in [0.5, 0.6) is 0 Å². The van der Waals surface area contributed by atoms with Crippen LogP contribution in [0.4, 0.5) is 8.78 Å². The molecule has 2 fully saturated rings. The number of alkyl halides is 2. The van der Waals surface area contributed by atoms with Crippen LogP contribution in [-0.4, -0.2) is 42.4 Å². The van der Waals surface area contributed by atoms with Gasteiger partial charge in [0.25, 0.3) is 0 Å². The summed E-state index contributed by atoms with van der Waals surface area (Å²) < 4.78 is 26.2. The van der Waals surface area contributed by atoms with Crippen LogP contribution in [0.1, 0.15) is 38.5 Å². The molecule has 20 heavy (non-hydrogen) atoms. The summed E-state index contributed by atoms with van der Waals surface area (Å²) in [6.45, 7) is 1.52. The number of piperidine rings is 1. The van der Waals surface area contributed by atoms with Crippen LogP contribution in [0, 0.1) is 17.2 Å². The average molecular weight is 285 g/mol. The zero-order valence-electron chi connectivity index (χ0n) is 11.8. The number of halogens is 2. The lowest BCUT2D eigenvalue weighted by atomic mass is 9.84. The quantitative estimate of drug-likeness (QED) is 0.843. The standard InChI is InChI=1S/C14H21F2N3O/c1-19-8-6-13(10-17,7-9-19)18-12(20)11-2-4-14(15,16)5-3-11/h11H,2-9H2,1H3,(H,18,20). The monoisotopic (exact) mass is 285 g/mol. The number of nitrogens with zero attached hydrogens (tertiary/aromatic N) is 2. The van der Waals surface area contributed by atoms with E-state index in [9.17, 15) is 18.8 Å². The Morgan fingerprint density at radius 3 is 2.30 bits per heavy atom. The van der Waals surface area contributed by atoms with E-state index in [0.29, 0.717) is 12.8 Å². The van der Waals surface area contributed by atoms with Gasteiger partial charge in [-0.25, -0.2) is 8.78 Å². The molecule has 1 saturated carbocycles. The van der Waals surface area contributed by atoms with E-state index in [2.05, 4.69) is 16.3 Å². The summed E-state index contributed by atoms with van der Waals surface area (Å²) in [5, 5.41) is 12.2. The summed E-state index contributed by atoms with van der Waals surface area (Å²) in [5.41, 5.74) is -0.816. The smallest absolute Gasteiger partial charge is 0.248 e. The van der Waals surface area contributed by atoms with Crippen LogP contribution in [0.25, 0.3) is 0 Å². The minimum atomic E-state index is -2.63. The molecule has 6 heteroatoms. The van der Waals surface area contributed by atoms with E-state index in [1.54, 1.807) is 0 Å². The van der Waals surface area contributed by atoms with E-state index < -0.39 is 11.5 Å². The molecule has 2 aliphatic rings. The van der Waals surface area contributed by atoms with Gasteiger partial charge in [0, 0.05) is 31.8 Å². The van der Waals surface area contributed by atoms with Crippen molar-refractivity contribution in [2.24, 2.45) is 5.92 Å². The van der Waals surface area contributed by atoms with E-state index in [1.165, 1.54) is 0 Å². The first-order valence-electron chi connectivity index (χ1n) is 7.15. The Balaban J connectivity index is 1.92. The molecule has 0 spiro atoms. The lowest BCUT2D eigenvalue weighted by Crippen LogP contribution is -2.55. The molecule has 1 aliphatic carbocycles. The second kappa shape index (κ2) is 5.65. The number of carbonyl (C=O) groups is 1. The summed E-state index contributed by atoms with van der Waals surface area (Å²) in [4.78, 5) is 14.3. The highest BCUT2D eigenvalue weighted by Crippen LogP contribution is 2.36. The van der Waals surface area contributed by atoms with Gasteiger partial charge >= 0.3 is 0 Å². The van der Waals surface area contributed by atoms with Crippen molar-refractivity contribution in [3.63, 3.8) is 0 Å². The number of likely N-dealkylation sites (tertiary alicyclic amines) is 1. The molecular weight excluding hydrogens is 264 g/mol. The summed E-state index contributed by atoms with van der Waals surface area (Å²) in [5.74, 6) is -3.23. The molecule has 0 aromatic carbocycles. The lowest BCUT2D eigenvalue weighted by Gasteiger charge is -2.37. The number of rotatable bonds is 2. The Labute approximate surface area is 118 Å². The minimum absolute atomic E-state index is 0.209. The van der Waals surface area contributed by atoms with Crippen molar-refractivity contribution in [3.8, 4) is 6.07 Å². The zero-order chi connectivity index (χ0) is 14.8. The highest BCUT2D eigenvalue weighted by molar-refractivity contribution is 5.80. The zero-order valence-corrected chi connectivity index (χ0v) is 11.8. The summed E-state index contributed by atoms with van der Waals surface area (Å²) >= 11 is 0. The molecule has 1 saturated heterocycles. The maximum atomic E-state index is 13.1. The third kappa shape index (κ3) is 3.45. The van der Waals surface area contributed by atoms with Crippen molar-refractivity contribution in [3.05, 3.63) is 0 Å². The van der Waals surface area contributed by atoms with E-state index >= 15 is 0 Å². The number of hydrogen-bond acceptors (Lipinski definition) is 3. The second-order valence-corrected chi connectivity index (χ2v) is 6.12. The van der Waals surface area contributed by atoms with Crippen molar-refractivity contribution in [1.82, 2.24) is 10.2 Å². The van der Waals surface area contributed by atoms with Crippen molar-refractivity contribution in [2.45, 2.75) is 50.0 Å². The molecule has 1 N–H and O–H groups in total. The Morgan fingerprint density at radius 2 is 1.80 bits per heavy atom. The van der Waals surface area contributed by atoms with E-state index in [-0.39, 0.29) is 37.5 Å². The van der Waals surface area contributed by atoms with Gasteiger partial charge in [-0.3, -0.25) is 4.79 Å². The number of amides is 1. The lowest BCUT2D eigenvalue weighted by molar-refractivity contribution is -0.131. The highest BCUT2D eigenvalue weighted by Gasteiger charge is 2.41. The van der Waals surface area contributed by atoms with Gasteiger partial charge in [0.15, 0.2) is 0 Å². The molecule has 0 atom stereocenters. The largest absolute Gasteiger partial charge is 0.337 e. The molecular formula is C14H21F2N3O. The fraction of sp³-hybridized carbons (Fsp3) is 0.857.